The normalized spacial score (nSPS) is 10.6. The zero-order valence-electron chi connectivity index (χ0n) is 12.8. The summed E-state index contributed by atoms with van der Waals surface area (Å²) < 4.78 is 31.5. The summed E-state index contributed by atoms with van der Waals surface area (Å²) >= 11 is 0. The van der Waals surface area contributed by atoms with E-state index in [-0.39, 0.29) is 11.3 Å². The first kappa shape index (κ1) is 17.9. The van der Waals surface area contributed by atoms with E-state index in [9.17, 15) is 23.3 Å². The number of esters is 1. The van der Waals surface area contributed by atoms with Crippen LogP contribution in [0, 0.1) is 21.4 Å². The first-order valence-corrected chi connectivity index (χ1v) is 8.16. The van der Waals surface area contributed by atoms with E-state index < -0.39 is 31.5 Å². The molecule has 128 valence electrons. The van der Waals surface area contributed by atoms with E-state index in [0.29, 0.717) is 5.56 Å². The molecule has 0 bridgehead atoms. The highest BCUT2D eigenvalue weighted by Gasteiger charge is 2.27. The Kier molecular flexibility index (Phi) is 5.00. The molecule has 0 aromatic heterocycles. The molecule has 0 amide bonds. The second-order valence-corrected chi connectivity index (χ2v) is 6.38. The Labute approximate surface area is 142 Å². The van der Waals surface area contributed by atoms with Crippen LogP contribution in [-0.4, -0.2) is 26.4 Å². The molecule has 0 saturated heterocycles. The van der Waals surface area contributed by atoms with Gasteiger partial charge in [0.2, 0.25) is 0 Å². The number of nitrogens with one attached hydrogen (secondary N) is 1. The number of carbonyl (C=O) groups excluding carboxylic acids is 1. The Balaban J connectivity index is 2.45. The molecule has 0 aliphatic rings. The lowest BCUT2D eigenvalue weighted by Gasteiger charge is -2.09. The maximum absolute atomic E-state index is 12.4. The van der Waals surface area contributed by atoms with Crippen molar-refractivity contribution in [3.63, 3.8) is 0 Å². The number of hydrogen-bond donors (Lipinski definition) is 1. The standard InChI is InChI=1S/C15H11N3O6S/c1-24-15(19)11-4-7-14(13(8-11)18(20)21)25(22,23)17-12-5-2-10(9-16)3-6-12/h2-8,17H,1H3. The van der Waals surface area contributed by atoms with E-state index in [0.717, 1.165) is 25.3 Å². The van der Waals surface area contributed by atoms with Gasteiger partial charge in [0, 0.05) is 11.8 Å². The lowest BCUT2D eigenvalue weighted by Crippen LogP contribution is -2.15. The van der Waals surface area contributed by atoms with Gasteiger partial charge in [-0.05, 0) is 36.4 Å². The number of sulfonamides is 1. The Hall–Kier alpha value is -3.45. The molecule has 0 heterocycles. The van der Waals surface area contributed by atoms with Gasteiger partial charge in [-0.2, -0.15) is 5.26 Å². The number of hydrogen-bond acceptors (Lipinski definition) is 7. The largest absolute Gasteiger partial charge is 0.465 e. The van der Waals surface area contributed by atoms with Crippen LogP contribution in [0.25, 0.3) is 0 Å². The zero-order chi connectivity index (χ0) is 18.6. The van der Waals surface area contributed by atoms with Crippen molar-refractivity contribution < 1.29 is 22.9 Å². The summed E-state index contributed by atoms with van der Waals surface area (Å²) in [5, 5.41) is 19.9. The molecular weight excluding hydrogens is 350 g/mol. The molecule has 2 rings (SSSR count). The molecule has 0 spiro atoms. The summed E-state index contributed by atoms with van der Waals surface area (Å²) in [6.07, 6.45) is 0. The van der Waals surface area contributed by atoms with E-state index in [1.165, 1.54) is 24.3 Å². The van der Waals surface area contributed by atoms with E-state index in [1.54, 1.807) is 0 Å². The van der Waals surface area contributed by atoms with Crippen molar-refractivity contribution >= 4 is 27.4 Å². The van der Waals surface area contributed by atoms with Crippen molar-refractivity contribution in [1.82, 2.24) is 0 Å². The van der Waals surface area contributed by atoms with Crippen molar-refractivity contribution in [1.29, 1.82) is 5.26 Å². The Morgan fingerprint density at radius 3 is 2.40 bits per heavy atom. The van der Waals surface area contributed by atoms with Gasteiger partial charge in [-0.25, -0.2) is 13.2 Å². The smallest absolute Gasteiger partial charge is 0.338 e. The third kappa shape index (κ3) is 3.91. The summed E-state index contributed by atoms with van der Waals surface area (Å²) in [6, 6.07) is 10.3. The molecular formula is C15H11N3O6S. The Morgan fingerprint density at radius 2 is 1.88 bits per heavy atom. The minimum absolute atomic E-state index is 0.130. The lowest BCUT2D eigenvalue weighted by atomic mass is 10.2. The van der Waals surface area contributed by atoms with Gasteiger partial charge in [-0.15, -0.1) is 0 Å². The molecule has 2 aromatic rings. The van der Waals surface area contributed by atoms with Crippen molar-refractivity contribution in [2.24, 2.45) is 0 Å². The van der Waals surface area contributed by atoms with Gasteiger partial charge in [-0.1, -0.05) is 0 Å². The number of ether oxygens (including phenoxy) is 1. The van der Waals surface area contributed by atoms with Crippen molar-refractivity contribution in [2.45, 2.75) is 4.90 Å². The number of nitrogens with zero attached hydrogens (tertiary/aromatic N) is 2. The second-order valence-electron chi connectivity index (χ2n) is 4.73. The fraction of sp³-hybridized carbons (Fsp3) is 0.0667. The Bertz CT molecular complexity index is 977. The molecule has 0 fully saturated rings. The first-order chi connectivity index (χ1) is 11.8. The van der Waals surface area contributed by atoms with Gasteiger partial charge >= 0.3 is 5.97 Å². The van der Waals surface area contributed by atoms with E-state index >= 15 is 0 Å². The number of nitro benzene ring substituents is 1. The summed E-state index contributed by atoms with van der Waals surface area (Å²) in [5.41, 5.74) is -0.447. The predicted molar refractivity (Wildman–Crippen MR) is 86.4 cm³/mol. The van der Waals surface area contributed by atoms with Crippen LogP contribution >= 0.6 is 0 Å². The van der Waals surface area contributed by atoms with Crippen LogP contribution in [0.5, 0.6) is 0 Å². The summed E-state index contributed by atoms with van der Waals surface area (Å²) in [4.78, 5) is 21.2. The number of benzene rings is 2. The number of rotatable bonds is 5. The fourth-order valence-electron chi connectivity index (χ4n) is 1.96. The maximum atomic E-state index is 12.4. The van der Waals surface area contributed by atoms with Gasteiger partial charge in [0.15, 0.2) is 4.90 Å². The maximum Gasteiger partial charge on any atom is 0.338 e. The van der Waals surface area contributed by atoms with Gasteiger partial charge < -0.3 is 4.74 Å². The highest BCUT2D eigenvalue weighted by atomic mass is 32.2. The number of nitro groups is 1. The molecule has 25 heavy (non-hydrogen) atoms. The SMILES string of the molecule is COC(=O)c1ccc(S(=O)(=O)Nc2ccc(C#N)cc2)c([N+](=O)[O-])c1. The van der Waals surface area contributed by atoms with Crippen molar-refractivity contribution in [2.75, 3.05) is 11.8 Å². The molecule has 2 aromatic carbocycles. The summed E-state index contributed by atoms with van der Waals surface area (Å²) in [6.45, 7) is 0. The van der Waals surface area contributed by atoms with E-state index in [2.05, 4.69) is 9.46 Å². The minimum atomic E-state index is -4.28. The highest BCUT2D eigenvalue weighted by Crippen LogP contribution is 2.27. The third-order valence-corrected chi connectivity index (χ3v) is 4.56. The molecule has 0 radical (unpaired) electrons. The van der Waals surface area contributed by atoms with Crippen molar-refractivity contribution in [3.8, 4) is 6.07 Å². The van der Waals surface area contributed by atoms with Crippen LogP contribution in [0.15, 0.2) is 47.4 Å². The predicted octanol–water partition coefficient (Wildman–Crippen LogP) is 2.05. The average molecular weight is 361 g/mol. The molecule has 0 saturated carbocycles. The van der Waals surface area contributed by atoms with Gasteiger partial charge in [-0.3, -0.25) is 14.8 Å². The molecule has 1 N–H and O–H groups in total. The van der Waals surface area contributed by atoms with Crippen LogP contribution in [-0.2, 0) is 14.8 Å². The van der Waals surface area contributed by atoms with Gasteiger partial charge in [0.25, 0.3) is 15.7 Å². The van der Waals surface area contributed by atoms with Crippen LogP contribution in [0.3, 0.4) is 0 Å². The molecule has 0 atom stereocenters. The molecule has 9 nitrogen and oxygen atoms in total. The van der Waals surface area contributed by atoms with Crippen molar-refractivity contribution in [3.05, 3.63) is 63.7 Å². The van der Waals surface area contributed by atoms with Gasteiger partial charge in [0.1, 0.15) is 0 Å². The lowest BCUT2D eigenvalue weighted by molar-refractivity contribution is -0.387. The number of methoxy groups -OCH3 is 1. The molecule has 0 aliphatic heterocycles. The monoisotopic (exact) mass is 361 g/mol. The Morgan fingerprint density at radius 1 is 1.24 bits per heavy atom. The third-order valence-electron chi connectivity index (χ3n) is 3.13. The topological polar surface area (TPSA) is 139 Å². The summed E-state index contributed by atoms with van der Waals surface area (Å²) in [5.74, 6) is -0.827. The number of anilines is 1. The number of nitriles is 1. The number of carbonyl (C=O) groups is 1. The first-order valence-electron chi connectivity index (χ1n) is 6.68. The average Bonchev–Trinajstić information content (AvgIpc) is 2.60. The molecule has 10 heteroatoms. The highest BCUT2D eigenvalue weighted by molar-refractivity contribution is 7.92. The van der Waals surface area contributed by atoms with Crippen LogP contribution < -0.4 is 4.72 Å². The van der Waals surface area contributed by atoms with Crippen LogP contribution in [0.4, 0.5) is 11.4 Å². The van der Waals surface area contributed by atoms with Crippen LogP contribution in [0.2, 0.25) is 0 Å². The zero-order valence-corrected chi connectivity index (χ0v) is 13.6. The quantitative estimate of drug-likeness (QED) is 0.488. The van der Waals surface area contributed by atoms with Crippen LogP contribution in [0.1, 0.15) is 15.9 Å². The minimum Gasteiger partial charge on any atom is -0.465 e. The fourth-order valence-corrected chi connectivity index (χ4v) is 3.17. The molecule has 0 unspecified atom stereocenters. The van der Waals surface area contributed by atoms with Gasteiger partial charge in [0.05, 0.1) is 29.2 Å². The second kappa shape index (κ2) is 6.98. The summed E-state index contributed by atoms with van der Waals surface area (Å²) in [7, 11) is -3.18. The van der Waals surface area contributed by atoms with E-state index in [1.807, 2.05) is 6.07 Å². The molecule has 0 aliphatic carbocycles. The van der Waals surface area contributed by atoms with E-state index in [4.69, 9.17) is 5.26 Å².